The van der Waals surface area contributed by atoms with Gasteiger partial charge in [-0.3, -0.25) is 24.6 Å². The second kappa shape index (κ2) is 7.30. The van der Waals surface area contributed by atoms with Gasteiger partial charge in [0.15, 0.2) is 0 Å². The molecule has 0 saturated carbocycles. The molecule has 5 atom stereocenters. The Morgan fingerprint density at radius 1 is 1.16 bits per heavy atom. The first-order valence-electron chi connectivity index (χ1n) is 10.3. The zero-order valence-corrected chi connectivity index (χ0v) is 18.2. The van der Waals surface area contributed by atoms with Crippen LogP contribution in [0.15, 0.2) is 42.5 Å². The molecule has 8 nitrogen and oxygen atoms in total. The lowest BCUT2D eigenvalue weighted by Gasteiger charge is -2.30. The number of rotatable bonds is 4. The molecule has 3 amide bonds. The number of likely N-dealkylation sites (tertiary alicyclic amines) is 1. The predicted molar refractivity (Wildman–Crippen MR) is 116 cm³/mol. The van der Waals surface area contributed by atoms with Crippen LogP contribution in [0.3, 0.4) is 0 Å². The second-order valence-corrected chi connectivity index (χ2v) is 8.86. The summed E-state index contributed by atoms with van der Waals surface area (Å²) in [6.45, 7) is 1.62. The molecule has 2 aromatic carbocycles. The van der Waals surface area contributed by atoms with Crippen molar-refractivity contribution in [2.45, 2.75) is 31.2 Å². The normalized spacial score (nSPS) is 29.3. The number of nitrogens with one attached hydrogen (secondary N) is 2. The van der Waals surface area contributed by atoms with Crippen LogP contribution in [0.2, 0.25) is 5.02 Å². The number of hydrogen-bond acceptors (Lipinski definition) is 6. The molecule has 0 aromatic heterocycles. The molecule has 2 aromatic rings. The van der Waals surface area contributed by atoms with Crippen molar-refractivity contribution >= 4 is 35.0 Å². The van der Waals surface area contributed by atoms with Crippen molar-refractivity contribution in [1.82, 2.24) is 10.2 Å². The lowest BCUT2D eigenvalue weighted by atomic mass is 9.76. The van der Waals surface area contributed by atoms with E-state index >= 15 is 0 Å². The number of anilines is 1. The minimum absolute atomic E-state index is 0.0707. The number of ether oxygens (including phenoxy) is 1. The highest BCUT2D eigenvalue weighted by molar-refractivity contribution is 6.35. The quantitative estimate of drug-likeness (QED) is 0.605. The van der Waals surface area contributed by atoms with Crippen LogP contribution in [-0.4, -0.2) is 47.0 Å². The summed E-state index contributed by atoms with van der Waals surface area (Å²) in [5.41, 5.74) is 0.210. The van der Waals surface area contributed by atoms with Gasteiger partial charge in [-0.25, -0.2) is 0 Å². The summed E-state index contributed by atoms with van der Waals surface area (Å²) in [7, 11) is 1.56. The Labute approximate surface area is 189 Å². The van der Waals surface area contributed by atoms with Crippen molar-refractivity contribution in [3.05, 3.63) is 58.6 Å². The lowest BCUT2D eigenvalue weighted by Crippen LogP contribution is -2.54. The fourth-order valence-electron chi connectivity index (χ4n) is 5.27. The first-order chi connectivity index (χ1) is 15.3. The molecule has 0 aliphatic carbocycles. The summed E-state index contributed by atoms with van der Waals surface area (Å²) in [5, 5.41) is 16.7. The third-order valence-corrected chi connectivity index (χ3v) is 7.06. The average molecular weight is 456 g/mol. The summed E-state index contributed by atoms with van der Waals surface area (Å²) in [6.07, 6.45) is -0.962. The van der Waals surface area contributed by atoms with E-state index < -0.39 is 47.2 Å². The molecule has 9 heteroatoms. The summed E-state index contributed by atoms with van der Waals surface area (Å²) < 4.78 is 5.16. The van der Waals surface area contributed by atoms with Crippen molar-refractivity contribution < 1.29 is 24.2 Å². The Morgan fingerprint density at radius 2 is 1.88 bits per heavy atom. The number of nitrogens with zero attached hydrogens (tertiary/aromatic N) is 1. The number of imide groups is 1. The summed E-state index contributed by atoms with van der Waals surface area (Å²) in [6, 6.07) is 11.4. The number of hydrogen-bond donors (Lipinski definition) is 3. The first-order valence-corrected chi connectivity index (χ1v) is 10.7. The lowest BCUT2D eigenvalue weighted by molar-refractivity contribution is -0.143. The van der Waals surface area contributed by atoms with E-state index in [0.29, 0.717) is 22.0 Å². The van der Waals surface area contributed by atoms with Crippen molar-refractivity contribution in [3.8, 4) is 5.75 Å². The van der Waals surface area contributed by atoms with E-state index in [9.17, 15) is 19.5 Å². The number of carbonyl (C=O) groups excluding carboxylic acids is 3. The van der Waals surface area contributed by atoms with Gasteiger partial charge in [-0.05, 0) is 30.7 Å². The van der Waals surface area contributed by atoms with Crippen LogP contribution < -0.4 is 15.4 Å². The van der Waals surface area contributed by atoms with E-state index in [1.165, 1.54) is 4.90 Å². The van der Waals surface area contributed by atoms with Crippen LogP contribution in [0, 0.1) is 11.8 Å². The highest BCUT2D eigenvalue weighted by atomic mass is 35.5. The summed E-state index contributed by atoms with van der Waals surface area (Å²) in [5.74, 6) is -2.52. The molecule has 5 rings (SSSR count). The summed E-state index contributed by atoms with van der Waals surface area (Å²) in [4.78, 5) is 41.6. The van der Waals surface area contributed by atoms with E-state index in [1.807, 2.05) is 0 Å². The van der Waals surface area contributed by atoms with Crippen LogP contribution in [0.25, 0.3) is 0 Å². The molecule has 3 aliphatic heterocycles. The molecule has 32 heavy (non-hydrogen) atoms. The van der Waals surface area contributed by atoms with Gasteiger partial charge in [0.1, 0.15) is 11.3 Å². The number of fused-ring (bicyclic) bond motifs is 4. The van der Waals surface area contributed by atoms with Crippen LogP contribution >= 0.6 is 11.6 Å². The maximum Gasteiger partial charge on any atom is 0.250 e. The Kier molecular flexibility index (Phi) is 4.77. The number of benzene rings is 2. The zero-order chi connectivity index (χ0) is 22.8. The Hall–Kier alpha value is -2.94. The van der Waals surface area contributed by atoms with E-state index in [1.54, 1.807) is 56.5 Å². The number of methoxy groups -OCH3 is 1. The third kappa shape index (κ3) is 2.73. The third-order valence-electron chi connectivity index (χ3n) is 6.74. The van der Waals surface area contributed by atoms with Crippen molar-refractivity contribution in [2.24, 2.45) is 11.8 Å². The van der Waals surface area contributed by atoms with Gasteiger partial charge in [0, 0.05) is 11.6 Å². The maximum atomic E-state index is 13.6. The molecule has 2 fully saturated rings. The van der Waals surface area contributed by atoms with Gasteiger partial charge in [0.2, 0.25) is 17.7 Å². The van der Waals surface area contributed by atoms with Crippen LogP contribution in [0.1, 0.15) is 18.1 Å². The van der Waals surface area contributed by atoms with Crippen LogP contribution in [0.5, 0.6) is 5.75 Å². The minimum Gasteiger partial charge on any atom is -0.497 e. The summed E-state index contributed by atoms with van der Waals surface area (Å²) >= 11 is 6.30. The number of amides is 3. The van der Waals surface area contributed by atoms with Gasteiger partial charge in [-0.15, -0.1) is 0 Å². The highest BCUT2D eigenvalue weighted by Gasteiger charge is 2.71. The minimum atomic E-state index is -1.48. The SMILES string of the molecule is COc1ccc(CN2C(=O)[C@@H]3[C@H]([C@@H](C)O)N[C@@]4(C(=O)Nc5c(Cl)cccc54)[C@@H]3C2=O)cc1. The van der Waals surface area contributed by atoms with Gasteiger partial charge >= 0.3 is 0 Å². The van der Waals surface area contributed by atoms with Crippen molar-refractivity contribution in [2.75, 3.05) is 12.4 Å². The Balaban J connectivity index is 1.58. The maximum absolute atomic E-state index is 13.6. The predicted octanol–water partition coefficient (Wildman–Crippen LogP) is 1.65. The molecule has 3 aliphatic rings. The topological polar surface area (TPSA) is 108 Å². The highest BCUT2D eigenvalue weighted by Crippen LogP contribution is 2.54. The van der Waals surface area contributed by atoms with Gasteiger partial charge in [0.05, 0.1) is 42.3 Å². The molecule has 3 N–H and O–H groups in total. The molecule has 0 unspecified atom stereocenters. The van der Waals surface area contributed by atoms with E-state index in [-0.39, 0.29) is 6.54 Å². The number of para-hydroxylation sites is 1. The standard InChI is InChI=1S/C23H22ClN3O5/c1-11(28)18-16-17(23(26-18)14-4-3-5-15(24)19(14)25-22(23)31)21(30)27(20(16)29)10-12-6-8-13(32-2)9-7-12/h3-9,11,16-18,26,28H,10H2,1-2H3,(H,25,31)/t11-,16+,17+,18+,23-/m1/s1. The van der Waals surface area contributed by atoms with E-state index in [0.717, 1.165) is 5.56 Å². The van der Waals surface area contributed by atoms with Gasteiger partial charge in [-0.2, -0.15) is 0 Å². The molecule has 0 bridgehead atoms. The molecule has 2 saturated heterocycles. The molecule has 166 valence electrons. The molecular weight excluding hydrogens is 434 g/mol. The number of aliphatic hydroxyl groups is 1. The van der Waals surface area contributed by atoms with Crippen molar-refractivity contribution in [3.63, 3.8) is 0 Å². The number of aliphatic hydroxyl groups excluding tert-OH is 1. The number of carbonyl (C=O) groups is 3. The van der Waals surface area contributed by atoms with E-state index in [4.69, 9.17) is 16.3 Å². The fourth-order valence-corrected chi connectivity index (χ4v) is 5.49. The Bertz CT molecular complexity index is 1130. The second-order valence-electron chi connectivity index (χ2n) is 8.45. The van der Waals surface area contributed by atoms with Gasteiger partial charge in [0.25, 0.3) is 0 Å². The number of halogens is 1. The van der Waals surface area contributed by atoms with Crippen LogP contribution in [-0.2, 0) is 26.5 Å². The fraction of sp³-hybridized carbons (Fsp3) is 0.348. The molecule has 1 spiro atoms. The first kappa shape index (κ1) is 20.9. The van der Waals surface area contributed by atoms with Crippen molar-refractivity contribution in [1.29, 1.82) is 0 Å². The average Bonchev–Trinajstić information content (AvgIpc) is 3.36. The molecule has 3 heterocycles. The molecular formula is C23H22ClN3O5. The van der Waals surface area contributed by atoms with Crippen LogP contribution in [0.4, 0.5) is 5.69 Å². The van der Waals surface area contributed by atoms with Gasteiger partial charge in [-0.1, -0.05) is 35.9 Å². The van der Waals surface area contributed by atoms with Gasteiger partial charge < -0.3 is 15.2 Å². The monoisotopic (exact) mass is 455 g/mol. The molecule has 0 radical (unpaired) electrons. The Morgan fingerprint density at radius 3 is 2.53 bits per heavy atom. The largest absolute Gasteiger partial charge is 0.497 e. The smallest absolute Gasteiger partial charge is 0.250 e. The van der Waals surface area contributed by atoms with E-state index in [2.05, 4.69) is 10.6 Å². The zero-order valence-electron chi connectivity index (χ0n) is 17.5.